The van der Waals surface area contributed by atoms with Gasteiger partial charge in [0.2, 0.25) is 0 Å². The lowest BCUT2D eigenvalue weighted by Gasteiger charge is -2.43. The third kappa shape index (κ3) is 6.52. The van der Waals surface area contributed by atoms with Crippen LogP contribution in [0.5, 0.6) is 0 Å². The van der Waals surface area contributed by atoms with Crippen molar-refractivity contribution < 1.29 is 13.9 Å². The minimum absolute atomic E-state index is 0.0212. The van der Waals surface area contributed by atoms with Gasteiger partial charge in [-0.1, -0.05) is 98.4 Å². The van der Waals surface area contributed by atoms with Crippen molar-refractivity contribution in [2.24, 2.45) is 10.8 Å². The Labute approximate surface area is 240 Å². The summed E-state index contributed by atoms with van der Waals surface area (Å²) in [4.78, 5) is 19.5. The predicted octanol–water partition coefficient (Wildman–Crippen LogP) is 2.65. The van der Waals surface area contributed by atoms with Crippen LogP contribution in [0.2, 0.25) is 5.04 Å². The van der Waals surface area contributed by atoms with Crippen LogP contribution in [-0.2, 0) is 13.9 Å². The Kier molecular flexibility index (Phi) is 9.62. The van der Waals surface area contributed by atoms with E-state index in [9.17, 15) is 4.79 Å². The van der Waals surface area contributed by atoms with Crippen molar-refractivity contribution >= 4 is 24.5 Å². The number of anilines is 1. The molecule has 0 saturated carbocycles. The van der Waals surface area contributed by atoms with Gasteiger partial charge >= 0.3 is 5.69 Å². The second-order valence-electron chi connectivity index (χ2n) is 10.6. The smallest absolute Gasteiger partial charge is 0.351 e. The molecule has 0 unspecified atom stereocenters. The molecule has 1 saturated heterocycles. The first kappa shape index (κ1) is 30.0. The number of azide groups is 1. The van der Waals surface area contributed by atoms with E-state index in [0.717, 1.165) is 10.4 Å². The molecule has 1 fully saturated rings. The van der Waals surface area contributed by atoms with Gasteiger partial charge in [0.1, 0.15) is 24.9 Å². The average molecular weight is 574 g/mol. The highest BCUT2D eigenvalue weighted by Gasteiger charge is 2.51. The van der Waals surface area contributed by atoms with Gasteiger partial charge in [-0.3, -0.25) is 4.57 Å². The number of hydrogen-bond acceptors (Lipinski definition) is 8. The monoisotopic (exact) mass is 573 g/mol. The highest BCUT2D eigenvalue weighted by molar-refractivity contribution is 6.99. The Morgan fingerprint density at radius 1 is 1.17 bits per heavy atom. The molecule has 3 atom stereocenters. The number of benzene rings is 2. The Hall–Kier alpha value is -3.95. The standard InChI is InChI=1S/C29H35N7O4Si/c1-29(2,3)41(22-12-6-4-7-13-22,23-14-8-5-9-15-23)39-19-25-24(38-20-33-35-32)17-26(40-25)36-18-21(11-10-16-30)27(31)34-28(36)37/h4-9,12-15,18,24-26H,16-17,19-20,30H2,1-3H3,(H2,31,34,37)/t24-,25-,26-/m1/s1. The molecule has 0 radical (unpaired) electrons. The first-order valence-electron chi connectivity index (χ1n) is 13.3. The van der Waals surface area contributed by atoms with E-state index in [-0.39, 0.29) is 30.7 Å². The maximum absolute atomic E-state index is 12.8. The van der Waals surface area contributed by atoms with Crippen LogP contribution in [0.4, 0.5) is 5.82 Å². The van der Waals surface area contributed by atoms with Crippen LogP contribution in [0.15, 0.2) is 76.8 Å². The second-order valence-corrected chi connectivity index (χ2v) is 14.9. The number of nitrogens with zero attached hydrogens (tertiary/aromatic N) is 5. The Morgan fingerprint density at radius 2 is 1.80 bits per heavy atom. The van der Waals surface area contributed by atoms with Crippen LogP contribution in [0.25, 0.3) is 10.4 Å². The van der Waals surface area contributed by atoms with E-state index in [0.29, 0.717) is 12.0 Å². The zero-order chi connectivity index (χ0) is 29.5. The minimum atomic E-state index is -2.87. The summed E-state index contributed by atoms with van der Waals surface area (Å²) in [5.74, 6) is 5.60. The molecular formula is C29H35N7O4Si. The van der Waals surface area contributed by atoms with E-state index in [1.807, 2.05) is 36.4 Å². The van der Waals surface area contributed by atoms with E-state index in [4.69, 9.17) is 30.9 Å². The molecule has 0 aliphatic carbocycles. The van der Waals surface area contributed by atoms with Crippen LogP contribution < -0.4 is 27.5 Å². The molecule has 0 amide bonds. The number of nitrogen functional groups attached to an aromatic ring is 1. The maximum Gasteiger partial charge on any atom is 0.351 e. The topological polar surface area (TPSA) is 163 Å². The van der Waals surface area contributed by atoms with E-state index in [1.165, 1.54) is 10.8 Å². The number of hydrogen-bond donors (Lipinski definition) is 2. The van der Waals surface area contributed by atoms with Crippen molar-refractivity contribution in [3.8, 4) is 11.8 Å². The fraction of sp³-hybridized carbons (Fsp3) is 0.379. The molecule has 11 nitrogen and oxygen atoms in total. The fourth-order valence-electron chi connectivity index (χ4n) is 5.25. The maximum atomic E-state index is 12.8. The van der Waals surface area contributed by atoms with Gasteiger partial charge in [0.15, 0.2) is 0 Å². The zero-order valence-electron chi connectivity index (χ0n) is 23.4. The molecule has 1 aromatic heterocycles. The van der Waals surface area contributed by atoms with E-state index < -0.39 is 32.4 Å². The van der Waals surface area contributed by atoms with E-state index in [1.54, 1.807) is 0 Å². The lowest BCUT2D eigenvalue weighted by atomic mass is 10.2. The largest absolute Gasteiger partial charge is 0.405 e. The molecule has 1 aliphatic heterocycles. The molecule has 3 aromatic rings. The molecule has 0 spiro atoms. The molecule has 2 aromatic carbocycles. The van der Waals surface area contributed by atoms with Gasteiger partial charge in [0.05, 0.1) is 24.8 Å². The molecule has 4 N–H and O–H groups in total. The summed E-state index contributed by atoms with van der Waals surface area (Å²) in [6, 6.07) is 20.5. The second kappa shape index (κ2) is 13.1. The zero-order valence-corrected chi connectivity index (χ0v) is 24.4. The number of ether oxygens (including phenoxy) is 2. The average Bonchev–Trinajstić information content (AvgIpc) is 3.36. The van der Waals surface area contributed by atoms with E-state index in [2.05, 4.69) is 71.9 Å². The van der Waals surface area contributed by atoms with Gasteiger partial charge in [0, 0.05) is 17.5 Å². The van der Waals surface area contributed by atoms with Gasteiger partial charge < -0.3 is 25.4 Å². The van der Waals surface area contributed by atoms with Crippen LogP contribution in [0, 0.1) is 11.8 Å². The quantitative estimate of drug-likeness (QED) is 0.131. The van der Waals surface area contributed by atoms with Gasteiger partial charge in [-0.15, -0.1) is 0 Å². The fourth-order valence-corrected chi connectivity index (χ4v) is 9.82. The van der Waals surface area contributed by atoms with Crippen LogP contribution in [0.3, 0.4) is 0 Å². The molecule has 1 aliphatic rings. The van der Waals surface area contributed by atoms with Crippen molar-refractivity contribution in [2.75, 3.05) is 25.6 Å². The molecule has 41 heavy (non-hydrogen) atoms. The number of rotatable bonds is 9. The summed E-state index contributed by atoms with van der Waals surface area (Å²) in [5, 5.41) is 5.54. The van der Waals surface area contributed by atoms with Crippen molar-refractivity contribution in [3.63, 3.8) is 0 Å². The summed E-state index contributed by atoms with van der Waals surface area (Å²) in [6.45, 7) is 6.70. The molecular weight excluding hydrogens is 538 g/mol. The van der Waals surface area contributed by atoms with Crippen LogP contribution in [0.1, 0.15) is 39.0 Å². The van der Waals surface area contributed by atoms with Crippen molar-refractivity contribution in [1.29, 1.82) is 0 Å². The summed E-state index contributed by atoms with van der Waals surface area (Å²) in [6.07, 6.45) is 0.00178. The summed E-state index contributed by atoms with van der Waals surface area (Å²) >= 11 is 0. The summed E-state index contributed by atoms with van der Waals surface area (Å²) in [5.41, 5.74) is 20.0. The molecule has 4 rings (SSSR count). The molecule has 214 valence electrons. The highest BCUT2D eigenvalue weighted by Crippen LogP contribution is 2.38. The third-order valence-corrected chi connectivity index (χ3v) is 12.1. The van der Waals surface area contributed by atoms with Gasteiger partial charge in [0.25, 0.3) is 8.32 Å². The predicted molar refractivity (Wildman–Crippen MR) is 160 cm³/mol. The minimum Gasteiger partial charge on any atom is -0.405 e. The Bertz CT molecular complexity index is 1450. The third-order valence-electron chi connectivity index (χ3n) is 7.09. The number of aromatic nitrogens is 2. The van der Waals surface area contributed by atoms with Crippen molar-refractivity contribution in [3.05, 3.63) is 93.4 Å². The summed E-state index contributed by atoms with van der Waals surface area (Å²) in [7, 11) is -2.87. The lowest BCUT2D eigenvalue weighted by Crippen LogP contribution is -2.67. The van der Waals surface area contributed by atoms with Crippen LogP contribution in [-0.4, -0.2) is 50.0 Å². The van der Waals surface area contributed by atoms with E-state index >= 15 is 0 Å². The highest BCUT2D eigenvalue weighted by atomic mass is 28.4. The van der Waals surface area contributed by atoms with Gasteiger partial charge in [-0.2, -0.15) is 4.98 Å². The SMILES string of the molecule is CC(C)(C)[Si](OC[C@H]1O[C@@H](n2cc(C#CCN)c(N)nc2=O)C[C@H]1OCN=[N+]=[N-])(c1ccccc1)c1ccccc1. The van der Waals surface area contributed by atoms with Gasteiger partial charge in [-0.25, -0.2) is 4.79 Å². The van der Waals surface area contributed by atoms with Crippen molar-refractivity contribution in [1.82, 2.24) is 9.55 Å². The first-order valence-corrected chi connectivity index (χ1v) is 15.2. The lowest BCUT2D eigenvalue weighted by molar-refractivity contribution is -0.0582. The molecule has 12 heteroatoms. The summed E-state index contributed by atoms with van der Waals surface area (Å²) < 4.78 is 20.7. The number of nitrogens with two attached hydrogens (primary N) is 2. The first-order chi connectivity index (χ1) is 19.7. The molecule has 2 heterocycles. The Morgan fingerprint density at radius 3 is 2.37 bits per heavy atom. The molecule has 0 bridgehead atoms. The normalized spacial score (nSPS) is 18.8. The van der Waals surface area contributed by atoms with Crippen LogP contribution >= 0.6 is 0 Å². The van der Waals surface area contributed by atoms with Gasteiger partial charge in [-0.05, 0) is 20.9 Å². The van der Waals surface area contributed by atoms with Crippen molar-refractivity contribution in [2.45, 2.75) is 50.7 Å². The Balaban J connectivity index is 1.70.